The number of carbonyl (C=O) groups is 1. The third-order valence-electron chi connectivity index (χ3n) is 10.4. The van der Waals surface area contributed by atoms with Crippen molar-refractivity contribution in [3.05, 3.63) is 202 Å². The van der Waals surface area contributed by atoms with Gasteiger partial charge in [0.15, 0.2) is 5.82 Å². The SMILES string of the molecule is CCCCc1nc2ccc(COC(C)=O)cc2c(=O)n1Cc1ccc(-c2ccccc2-c2nnnn2C(c2ccccc2)(c2ccccc2)c2ccccc2)cc1. The van der Waals surface area contributed by atoms with E-state index in [2.05, 4.69) is 84.9 Å². The molecule has 0 fully saturated rings. The molecule has 0 amide bonds. The fourth-order valence-electron chi connectivity index (χ4n) is 7.67. The number of hydrogen-bond acceptors (Lipinski definition) is 7. The first kappa shape index (κ1) is 36.9. The maximum Gasteiger partial charge on any atom is 0.302 e. The molecule has 6 aromatic carbocycles. The van der Waals surface area contributed by atoms with Crippen LogP contribution in [0.5, 0.6) is 0 Å². The molecule has 2 aromatic heterocycles. The lowest BCUT2D eigenvalue weighted by Gasteiger charge is -2.36. The Morgan fingerprint density at radius 3 is 1.88 bits per heavy atom. The lowest BCUT2D eigenvalue weighted by molar-refractivity contribution is -0.142. The van der Waals surface area contributed by atoms with E-state index in [1.807, 2.05) is 83.5 Å². The Hall–Kier alpha value is -7.00. The summed E-state index contributed by atoms with van der Waals surface area (Å²) in [6.07, 6.45) is 2.58. The number of tetrazole rings is 1. The Bertz CT molecular complexity index is 2600. The lowest BCUT2D eigenvalue weighted by atomic mass is 9.77. The molecule has 282 valence electrons. The molecule has 0 saturated heterocycles. The highest BCUT2D eigenvalue weighted by Gasteiger charge is 2.42. The summed E-state index contributed by atoms with van der Waals surface area (Å²) < 4.78 is 8.93. The van der Waals surface area contributed by atoms with Gasteiger partial charge in [0, 0.05) is 18.9 Å². The standard InChI is InChI=1S/C48H42N6O3/c1-3-4-24-45-49-44-30-27-36(33-57-34(2)55)31-43(44)47(56)53(45)32-35-25-28-37(29-26-35)41-22-14-15-23-42(41)46-50-51-52-54(46)48(38-16-8-5-9-17-38,39-18-10-6-11-19-39)40-20-12-7-13-21-40/h5-23,25-31H,3-4,24,32-33H2,1-2H3. The molecule has 2 heterocycles. The summed E-state index contributed by atoms with van der Waals surface area (Å²) in [6.45, 7) is 3.97. The van der Waals surface area contributed by atoms with Crippen molar-refractivity contribution in [2.24, 2.45) is 0 Å². The molecule has 57 heavy (non-hydrogen) atoms. The average molecular weight is 751 g/mol. The lowest BCUT2D eigenvalue weighted by Crippen LogP contribution is -2.39. The van der Waals surface area contributed by atoms with Crippen LogP contribution in [-0.4, -0.2) is 35.7 Å². The quantitative estimate of drug-likeness (QED) is 0.0856. The molecular weight excluding hydrogens is 709 g/mol. The zero-order valence-electron chi connectivity index (χ0n) is 32.0. The van der Waals surface area contributed by atoms with Gasteiger partial charge in [-0.3, -0.25) is 14.2 Å². The molecule has 9 nitrogen and oxygen atoms in total. The van der Waals surface area contributed by atoms with Crippen LogP contribution in [0.2, 0.25) is 0 Å². The number of benzene rings is 6. The van der Waals surface area contributed by atoms with Crippen molar-refractivity contribution in [1.29, 1.82) is 0 Å². The molecule has 0 radical (unpaired) electrons. The van der Waals surface area contributed by atoms with E-state index in [0.717, 1.165) is 63.2 Å². The van der Waals surface area contributed by atoms with Gasteiger partial charge in [0.25, 0.3) is 5.56 Å². The van der Waals surface area contributed by atoms with Crippen molar-refractivity contribution < 1.29 is 9.53 Å². The Labute approximate surface area is 331 Å². The number of aryl methyl sites for hydroxylation is 1. The van der Waals surface area contributed by atoms with E-state index >= 15 is 0 Å². The van der Waals surface area contributed by atoms with Gasteiger partial charge >= 0.3 is 5.97 Å². The van der Waals surface area contributed by atoms with Crippen molar-refractivity contribution >= 4 is 16.9 Å². The Balaban J connectivity index is 1.20. The summed E-state index contributed by atoms with van der Waals surface area (Å²) >= 11 is 0. The summed E-state index contributed by atoms with van der Waals surface area (Å²) in [5.74, 6) is 1.00. The van der Waals surface area contributed by atoms with Crippen LogP contribution in [0.25, 0.3) is 33.4 Å². The van der Waals surface area contributed by atoms with Gasteiger partial charge in [0.1, 0.15) is 18.0 Å². The number of aromatic nitrogens is 6. The summed E-state index contributed by atoms with van der Waals surface area (Å²) in [4.78, 5) is 30.5. The van der Waals surface area contributed by atoms with E-state index in [1.54, 1.807) is 10.6 Å². The predicted molar refractivity (Wildman–Crippen MR) is 222 cm³/mol. The van der Waals surface area contributed by atoms with Crippen LogP contribution in [0, 0.1) is 0 Å². The smallest absolute Gasteiger partial charge is 0.302 e. The number of esters is 1. The maximum atomic E-state index is 14.1. The highest BCUT2D eigenvalue weighted by molar-refractivity contribution is 5.81. The molecule has 0 aliphatic rings. The minimum atomic E-state index is -0.891. The summed E-state index contributed by atoms with van der Waals surface area (Å²) in [7, 11) is 0. The summed E-state index contributed by atoms with van der Waals surface area (Å²) in [6, 6.07) is 53.1. The third kappa shape index (κ3) is 7.27. The average Bonchev–Trinajstić information content (AvgIpc) is 3.75. The fourth-order valence-corrected chi connectivity index (χ4v) is 7.67. The number of hydrogen-bond donors (Lipinski definition) is 0. The molecule has 9 heteroatoms. The predicted octanol–water partition coefficient (Wildman–Crippen LogP) is 9.01. The Morgan fingerprint density at radius 1 is 0.702 bits per heavy atom. The number of rotatable bonds is 13. The van der Waals surface area contributed by atoms with Crippen molar-refractivity contribution in [1.82, 2.24) is 29.8 Å². The van der Waals surface area contributed by atoms with Crippen LogP contribution < -0.4 is 5.56 Å². The highest BCUT2D eigenvalue weighted by atomic mass is 16.5. The minimum absolute atomic E-state index is 0.101. The number of nitrogens with zero attached hydrogens (tertiary/aromatic N) is 6. The maximum absolute atomic E-state index is 14.1. The molecule has 0 spiro atoms. The van der Waals surface area contributed by atoms with Crippen molar-refractivity contribution in [2.45, 2.75) is 51.8 Å². The van der Waals surface area contributed by atoms with E-state index in [4.69, 9.17) is 20.0 Å². The number of fused-ring (bicyclic) bond motifs is 1. The zero-order chi connectivity index (χ0) is 39.2. The highest BCUT2D eigenvalue weighted by Crippen LogP contribution is 2.43. The molecule has 8 aromatic rings. The van der Waals surface area contributed by atoms with Crippen molar-refractivity contribution in [2.75, 3.05) is 0 Å². The van der Waals surface area contributed by atoms with Crippen LogP contribution in [0.1, 0.15) is 60.3 Å². The number of carbonyl (C=O) groups excluding carboxylic acids is 1. The fraction of sp³-hybridized carbons (Fsp3) is 0.167. The van der Waals surface area contributed by atoms with Crippen LogP contribution >= 0.6 is 0 Å². The van der Waals surface area contributed by atoms with Gasteiger partial charge < -0.3 is 4.74 Å². The van der Waals surface area contributed by atoms with Crippen LogP contribution in [0.15, 0.2) is 163 Å². The van der Waals surface area contributed by atoms with E-state index < -0.39 is 5.54 Å². The van der Waals surface area contributed by atoms with Gasteiger partial charge in [-0.15, -0.1) is 5.10 Å². The van der Waals surface area contributed by atoms with Gasteiger partial charge in [-0.1, -0.05) is 159 Å². The number of ether oxygens (including phenoxy) is 1. The monoisotopic (exact) mass is 750 g/mol. The molecule has 0 aliphatic heterocycles. The first-order valence-corrected chi connectivity index (χ1v) is 19.3. The largest absolute Gasteiger partial charge is 0.461 e. The molecule has 8 rings (SSSR count). The second-order valence-electron chi connectivity index (χ2n) is 14.1. The molecule has 0 bridgehead atoms. The van der Waals surface area contributed by atoms with Gasteiger partial charge in [-0.2, -0.15) is 0 Å². The second kappa shape index (κ2) is 16.4. The van der Waals surface area contributed by atoms with E-state index in [9.17, 15) is 9.59 Å². The van der Waals surface area contributed by atoms with Crippen molar-refractivity contribution in [3.63, 3.8) is 0 Å². The van der Waals surface area contributed by atoms with E-state index in [1.165, 1.54) is 6.92 Å². The summed E-state index contributed by atoms with van der Waals surface area (Å²) in [5.41, 5.74) is 7.24. The molecule has 0 atom stereocenters. The van der Waals surface area contributed by atoms with Gasteiger partial charge in [0.05, 0.1) is 17.4 Å². The molecule has 0 unspecified atom stereocenters. The van der Waals surface area contributed by atoms with Crippen LogP contribution in [0.4, 0.5) is 0 Å². The normalized spacial score (nSPS) is 11.5. The van der Waals surface area contributed by atoms with E-state index in [-0.39, 0.29) is 18.1 Å². The molecule has 0 N–H and O–H groups in total. The zero-order valence-corrected chi connectivity index (χ0v) is 32.0. The summed E-state index contributed by atoms with van der Waals surface area (Å²) in [5, 5.41) is 14.3. The van der Waals surface area contributed by atoms with Gasteiger partial charge in [-0.05, 0) is 67.9 Å². The third-order valence-corrected chi connectivity index (χ3v) is 10.4. The van der Waals surface area contributed by atoms with Crippen LogP contribution in [0.3, 0.4) is 0 Å². The first-order chi connectivity index (χ1) is 28.0. The topological polar surface area (TPSA) is 105 Å². The molecular formula is C48H42N6O3. The Kier molecular flexibility index (Phi) is 10.6. The first-order valence-electron chi connectivity index (χ1n) is 19.3. The molecule has 0 saturated carbocycles. The van der Waals surface area contributed by atoms with Crippen LogP contribution in [-0.2, 0) is 34.6 Å². The van der Waals surface area contributed by atoms with E-state index in [0.29, 0.717) is 29.7 Å². The number of unbranched alkanes of at least 4 members (excludes halogenated alkanes) is 1. The van der Waals surface area contributed by atoms with Gasteiger partial charge in [-0.25, -0.2) is 9.67 Å². The van der Waals surface area contributed by atoms with Gasteiger partial charge in [0.2, 0.25) is 0 Å². The van der Waals surface area contributed by atoms with Crippen molar-refractivity contribution in [3.8, 4) is 22.5 Å². The minimum Gasteiger partial charge on any atom is -0.461 e. The molecule has 0 aliphatic carbocycles. The Morgan fingerprint density at radius 2 is 1.28 bits per heavy atom. The second-order valence-corrected chi connectivity index (χ2v) is 14.1.